The van der Waals surface area contributed by atoms with Crippen molar-refractivity contribution >= 4 is 29.9 Å². The summed E-state index contributed by atoms with van der Waals surface area (Å²) in [7, 11) is 3.38. The van der Waals surface area contributed by atoms with Gasteiger partial charge in [-0.1, -0.05) is 0 Å². The first-order valence-corrected chi connectivity index (χ1v) is 8.58. The Hall–Kier alpha value is -2.58. The summed E-state index contributed by atoms with van der Waals surface area (Å²) in [6.45, 7) is 3.75. The number of hydrogen-bond donors (Lipinski definition) is 3. The minimum atomic E-state index is -0.307. The third-order valence-electron chi connectivity index (χ3n) is 4.20. The molecule has 2 aromatic rings. The zero-order valence-electron chi connectivity index (χ0n) is 15.6. The van der Waals surface area contributed by atoms with Crippen molar-refractivity contribution in [3.8, 4) is 5.75 Å². The average molecular weight is 394 g/mol. The fourth-order valence-electron chi connectivity index (χ4n) is 2.89. The second-order valence-electron chi connectivity index (χ2n) is 6.25. The van der Waals surface area contributed by atoms with Crippen molar-refractivity contribution < 1.29 is 14.3 Å². The SMILES string of the molecule is CCOc1cc(C(=O)N(C)C)ccc1NC(=O)c1n[nH]c2c1CNCC2.Cl. The van der Waals surface area contributed by atoms with Crippen LogP contribution in [-0.4, -0.2) is 54.2 Å². The molecule has 9 heteroatoms. The van der Waals surface area contributed by atoms with Gasteiger partial charge in [0.05, 0.1) is 12.3 Å². The number of carbonyl (C=O) groups is 2. The van der Waals surface area contributed by atoms with E-state index >= 15 is 0 Å². The van der Waals surface area contributed by atoms with Crippen molar-refractivity contribution in [3.63, 3.8) is 0 Å². The third-order valence-corrected chi connectivity index (χ3v) is 4.20. The maximum absolute atomic E-state index is 12.7. The maximum atomic E-state index is 12.7. The number of ether oxygens (including phenoxy) is 1. The van der Waals surface area contributed by atoms with Crippen molar-refractivity contribution in [2.24, 2.45) is 0 Å². The van der Waals surface area contributed by atoms with E-state index < -0.39 is 0 Å². The molecule has 1 aromatic carbocycles. The van der Waals surface area contributed by atoms with Crippen LogP contribution in [-0.2, 0) is 13.0 Å². The highest BCUT2D eigenvalue weighted by atomic mass is 35.5. The summed E-state index contributed by atoms with van der Waals surface area (Å²) in [5.41, 5.74) is 3.27. The van der Waals surface area contributed by atoms with Crippen LogP contribution in [0.3, 0.4) is 0 Å². The molecular formula is C18H24ClN5O3. The molecule has 27 heavy (non-hydrogen) atoms. The van der Waals surface area contributed by atoms with E-state index in [1.807, 2.05) is 6.92 Å². The van der Waals surface area contributed by atoms with Gasteiger partial charge in [-0.2, -0.15) is 5.10 Å². The topological polar surface area (TPSA) is 99.3 Å². The Morgan fingerprint density at radius 3 is 2.81 bits per heavy atom. The van der Waals surface area contributed by atoms with Gasteiger partial charge in [0, 0.05) is 50.4 Å². The van der Waals surface area contributed by atoms with Gasteiger partial charge in [0.1, 0.15) is 5.75 Å². The first kappa shape index (κ1) is 20.7. The number of anilines is 1. The van der Waals surface area contributed by atoms with Crippen molar-refractivity contribution in [2.75, 3.05) is 32.6 Å². The molecular weight excluding hydrogens is 370 g/mol. The summed E-state index contributed by atoms with van der Waals surface area (Å²) in [6.07, 6.45) is 0.821. The predicted molar refractivity (Wildman–Crippen MR) is 105 cm³/mol. The molecule has 1 aromatic heterocycles. The van der Waals surface area contributed by atoms with Gasteiger partial charge in [-0.05, 0) is 25.1 Å². The molecule has 2 amide bonds. The van der Waals surface area contributed by atoms with Crippen molar-refractivity contribution in [1.82, 2.24) is 20.4 Å². The van der Waals surface area contributed by atoms with E-state index in [9.17, 15) is 9.59 Å². The number of hydrogen-bond acceptors (Lipinski definition) is 5. The molecule has 8 nitrogen and oxygen atoms in total. The predicted octanol–water partition coefficient (Wildman–Crippen LogP) is 1.83. The largest absolute Gasteiger partial charge is 0.492 e. The standard InChI is InChI=1S/C18H23N5O3.ClH/c1-4-26-15-9-11(18(25)23(2)3)5-6-14(15)20-17(24)16-12-10-19-8-7-13(12)21-22-16;/h5-6,9,19H,4,7-8,10H2,1-3H3,(H,20,24)(H,21,22);1H. The molecule has 1 aliphatic heterocycles. The van der Waals surface area contributed by atoms with Crippen LogP contribution in [0.1, 0.15) is 39.0 Å². The molecule has 0 aliphatic carbocycles. The number of benzene rings is 1. The van der Waals surface area contributed by atoms with E-state index in [0.717, 1.165) is 24.2 Å². The summed E-state index contributed by atoms with van der Waals surface area (Å²) >= 11 is 0. The highest BCUT2D eigenvalue weighted by molar-refractivity contribution is 6.05. The van der Waals surface area contributed by atoms with Crippen molar-refractivity contribution in [3.05, 3.63) is 40.7 Å². The molecule has 3 rings (SSSR count). The number of nitrogens with one attached hydrogen (secondary N) is 3. The Morgan fingerprint density at radius 1 is 1.33 bits per heavy atom. The minimum absolute atomic E-state index is 0. The molecule has 0 spiro atoms. The lowest BCUT2D eigenvalue weighted by Gasteiger charge is -2.16. The quantitative estimate of drug-likeness (QED) is 0.719. The lowest BCUT2D eigenvalue weighted by atomic mass is 10.1. The van der Waals surface area contributed by atoms with Crippen LogP contribution >= 0.6 is 12.4 Å². The fourth-order valence-corrected chi connectivity index (χ4v) is 2.89. The molecule has 0 saturated carbocycles. The van der Waals surface area contributed by atoms with E-state index in [4.69, 9.17) is 4.74 Å². The highest BCUT2D eigenvalue weighted by Gasteiger charge is 2.22. The van der Waals surface area contributed by atoms with Crippen molar-refractivity contribution in [2.45, 2.75) is 19.9 Å². The molecule has 3 N–H and O–H groups in total. The highest BCUT2D eigenvalue weighted by Crippen LogP contribution is 2.27. The molecule has 0 atom stereocenters. The monoisotopic (exact) mass is 393 g/mol. The van der Waals surface area contributed by atoms with Gasteiger partial charge in [-0.3, -0.25) is 14.7 Å². The summed E-state index contributed by atoms with van der Waals surface area (Å²) in [6, 6.07) is 4.99. The molecule has 0 radical (unpaired) electrons. The number of carbonyl (C=O) groups excluding carboxylic acids is 2. The Balaban J connectivity index is 0.00000261. The molecule has 0 bridgehead atoms. The van der Waals surface area contributed by atoms with Gasteiger partial charge in [-0.25, -0.2) is 0 Å². The zero-order chi connectivity index (χ0) is 18.7. The lowest BCUT2D eigenvalue weighted by Crippen LogP contribution is -2.25. The van der Waals surface area contributed by atoms with Crippen LogP contribution in [0.5, 0.6) is 5.75 Å². The Bertz CT molecular complexity index is 834. The fraction of sp³-hybridized carbons (Fsp3) is 0.389. The van der Waals surface area contributed by atoms with Crippen LogP contribution in [0.25, 0.3) is 0 Å². The summed E-state index contributed by atoms with van der Waals surface area (Å²) in [5.74, 6) is 0.0196. The van der Waals surface area contributed by atoms with Gasteiger partial charge in [0.25, 0.3) is 11.8 Å². The molecule has 0 fully saturated rings. The third kappa shape index (κ3) is 4.40. The summed E-state index contributed by atoms with van der Waals surface area (Å²) in [5, 5.41) is 13.2. The second-order valence-corrected chi connectivity index (χ2v) is 6.25. The molecule has 0 unspecified atom stereocenters. The summed E-state index contributed by atoms with van der Waals surface area (Å²) < 4.78 is 5.61. The number of H-pyrrole nitrogens is 1. The zero-order valence-corrected chi connectivity index (χ0v) is 16.4. The molecule has 0 saturated heterocycles. The number of rotatable bonds is 5. The van der Waals surface area contributed by atoms with E-state index in [0.29, 0.717) is 35.8 Å². The van der Waals surface area contributed by atoms with E-state index in [1.165, 1.54) is 4.90 Å². The van der Waals surface area contributed by atoms with Crippen molar-refractivity contribution in [1.29, 1.82) is 0 Å². The number of halogens is 1. The molecule has 1 aliphatic rings. The van der Waals surface area contributed by atoms with Gasteiger partial charge in [-0.15, -0.1) is 12.4 Å². The Kier molecular flexibility index (Phi) is 6.81. The summed E-state index contributed by atoms with van der Waals surface area (Å²) in [4.78, 5) is 26.3. The van der Waals surface area contributed by atoms with E-state index in [1.54, 1.807) is 32.3 Å². The normalized spacial score (nSPS) is 12.6. The van der Waals surface area contributed by atoms with Gasteiger partial charge in [0.15, 0.2) is 5.69 Å². The van der Waals surface area contributed by atoms with Gasteiger partial charge >= 0.3 is 0 Å². The van der Waals surface area contributed by atoms with Crippen LogP contribution in [0.4, 0.5) is 5.69 Å². The minimum Gasteiger partial charge on any atom is -0.492 e. The smallest absolute Gasteiger partial charge is 0.276 e. The average Bonchev–Trinajstić information content (AvgIpc) is 3.07. The van der Waals surface area contributed by atoms with Crippen LogP contribution < -0.4 is 15.4 Å². The molecule has 2 heterocycles. The second kappa shape index (κ2) is 8.88. The van der Waals surface area contributed by atoms with Gasteiger partial charge < -0.3 is 20.3 Å². The molecule has 146 valence electrons. The van der Waals surface area contributed by atoms with E-state index in [2.05, 4.69) is 20.8 Å². The first-order chi connectivity index (χ1) is 12.5. The number of aromatic nitrogens is 2. The van der Waals surface area contributed by atoms with E-state index in [-0.39, 0.29) is 24.2 Å². The Labute approximate surface area is 164 Å². The van der Waals surface area contributed by atoms with Crippen LogP contribution in [0.2, 0.25) is 0 Å². The lowest BCUT2D eigenvalue weighted by molar-refractivity contribution is 0.0827. The van der Waals surface area contributed by atoms with Crippen LogP contribution in [0.15, 0.2) is 18.2 Å². The van der Waals surface area contributed by atoms with Gasteiger partial charge in [0.2, 0.25) is 0 Å². The maximum Gasteiger partial charge on any atom is 0.276 e. The first-order valence-electron chi connectivity index (χ1n) is 8.58. The number of nitrogens with zero attached hydrogens (tertiary/aromatic N) is 2. The number of amides is 2. The Morgan fingerprint density at radius 2 is 2.11 bits per heavy atom. The van der Waals surface area contributed by atoms with Crippen LogP contribution in [0, 0.1) is 0 Å². The number of aromatic amines is 1. The number of fused-ring (bicyclic) bond motifs is 1.